The van der Waals surface area contributed by atoms with E-state index in [0.29, 0.717) is 47.9 Å². The van der Waals surface area contributed by atoms with Crippen molar-refractivity contribution in [3.05, 3.63) is 52.8 Å². The highest BCUT2D eigenvalue weighted by Crippen LogP contribution is 2.31. The number of aromatic nitrogens is 4. The number of nitrogens with zero attached hydrogens (tertiary/aromatic N) is 5. The minimum Gasteiger partial charge on any atom is -0.462 e. The molecule has 162 valence electrons. The molecule has 10 heteroatoms. The Morgan fingerprint density at radius 1 is 1.26 bits per heavy atom. The lowest BCUT2D eigenvalue weighted by atomic mass is 9.90. The quantitative estimate of drug-likeness (QED) is 0.557. The van der Waals surface area contributed by atoms with Crippen LogP contribution in [0.15, 0.2) is 35.2 Å². The number of likely N-dealkylation sites (tertiary alicyclic amines) is 1. The lowest BCUT2D eigenvalue weighted by molar-refractivity contribution is 0.0520. The molecule has 4 rings (SSSR count). The molecule has 3 aromatic rings. The maximum atomic E-state index is 12.9. The van der Waals surface area contributed by atoms with Crippen LogP contribution in [0.4, 0.5) is 0 Å². The molecule has 0 atom stereocenters. The summed E-state index contributed by atoms with van der Waals surface area (Å²) in [4.78, 5) is 31.3. The lowest BCUT2D eigenvalue weighted by Gasteiger charge is -2.31. The molecular formula is C21H22ClN5O4. The van der Waals surface area contributed by atoms with Gasteiger partial charge in [0.05, 0.1) is 29.1 Å². The van der Waals surface area contributed by atoms with Crippen molar-refractivity contribution in [3.63, 3.8) is 0 Å². The summed E-state index contributed by atoms with van der Waals surface area (Å²) >= 11 is 6.04. The van der Waals surface area contributed by atoms with Crippen LogP contribution in [0, 0.1) is 0 Å². The summed E-state index contributed by atoms with van der Waals surface area (Å²) in [5.41, 5.74) is 2.39. The Morgan fingerprint density at radius 3 is 2.71 bits per heavy atom. The van der Waals surface area contributed by atoms with Crippen molar-refractivity contribution in [3.8, 4) is 11.3 Å². The molecule has 0 N–H and O–H groups in total. The first-order valence-electron chi connectivity index (χ1n) is 10.0. The van der Waals surface area contributed by atoms with Gasteiger partial charge < -0.3 is 14.2 Å². The van der Waals surface area contributed by atoms with Gasteiger partial charge in [-0.2, -0.15) is 5.10 Å². The number of ether oxygens (including phenoxy) is 1. The molecule has 0 unspecified atom stereocenters. The van der Waals surface area contributed by atoms with Crippen LogP contribution in [0.25, 0.3) is 11.3 Å². The molecule has 0 aliphatic carbocycles. The molecule has 0 spiro atoms. The third-order valence-electron chi connectivity index (χ3n) is 5.27. The number of hydrogen-bond donors (Lipinski definition) is 0. The highest BCUT2D eigenvalue weighted by Gasteiger charge is 2.30. The van der Waals surface area contributed by atoms with E-state index in [1.165, 1.54) is 6.20 Å². The molecule has 1 aliphatic heterocycles. The minimum atomic E-state index is -0.435. The van der Waals surface area contributed by atoms with Gasteiger partial charge in [-0.1, -0.05) is 16.8 Å². The number of halogens is 1. The van der Waals surface area contributed by atoms with Crippen LogP contribution in [0.1, 0.15) is 52.3 Å². The van der Waals surface area contributed by atoms with Crippen LogP contribution in [-0.2, 0) is 11.8 Å². The Kier molecular flexibility index (Phi) is 6.03. The van der Waals surface area contributed by atoms with Gasteiger partial charge in [0.15, 0.2) is 0 Å². The Bertz CT molecular complexity index is 1100. The van der Waals surface area contributed by atoms with Crippen LogP contribution in [0.2, 0.25) is 5.02 Å². The summed E-state index contributed by atoms with van der Waals surface area (Å²) in [6, 6.07) is 3.22. The van der Waals surface area contributed by atoms with E-state index in [9.17, 15) is 9.59 Å². The monoisotopic (exact) mass is 443 g/mol. The maximum absolute atomic E-state index is 12.9. The van der Waals surface area contributed by atoms with Gasteiger partial charge in [0.1, 0.15) is 5.69 Å². The predicted octanol–water partition coefficient (Wildman–Crippen LogP) is 3.32. The molecule has 0 saturated carbocycles. The zero-order valence-corrected chi connectivity index (χ0v) is 18.0. The van der Waals surface area contributed by atoms with Crippen molar-refractivity contribution < 1.29 is 18.8 Å². The molecule has 0 bridgehead atoms. The molecule has 0 aromatic carbocycles. The first-order chi connectivity index (χ1) is 15.0. The van der Waals surface area contributed by atoms with Gasteiger partial charge in [0.25, 0.3) is 5.91 Å². The van der Waals surface area contributed by atoms with Gasteiger partial charge in [-0.15, -0.1) is 0 Å². The second-order valence-electron chi connectivity index (χ2n) is 7.35. The first-order valence-corrected chi connectivity index (χ1v) is 10.4. The van der Waals surface area contributed by atoms with Crippen molar-refractivity contribution >= 4 is 23.5 Å². The number of aryl methyl sites for hydroxylation is 1. The maximum Gasteiger partial charge on any atom is 0.340 e. The van der Waals surface area contributed by atoms with E-state index >= 15 is 0 Å². The van der Waals surface area contributed by atoms with Gasteiger partial charge in [-0.3, -0.25) is 14.5 Å². The van der Waals surface area contributed by atoms with E-state index < -0.39 is 5.97 Å². The molecule has 3 aromatic heterocycles. The van der Waals surface area contributed by atoms with E-state index in [-0.39, 0.29) is 24.2 Å². The molecular weight excluding hydrogens is 422 g/mol. The van der Waals surface area contributed by atoms with Crippen LogP contribution in [-0.4, -0.2) is 56.4 Å². The summed E-state index contributed by atoms with van der Waals surface area (Å²) in [5, 5.41) is 8.47. The third-order valence-corrected chi connectivity index (χ3v) is 5.48. The van der Waals surface area contributed by atoms with Crippen LogP contribution >= 0.6 is 11.6 Å². The summed E-state index contributed by atoms with van der Waals surface area (Å²) in [6.45, 7) is 3.05. The second-order valence-corrected chi connectivity index (χ2v) is 7.79. The molecule has 1 fully saturated rings. The van der Waals surface area contributed by atoms with Gasteiger partial charge >= 0.3 is 5.97 Å². The number of pyridine rings is 1. The van der Waals surface area contributed by atoms with Crippen LogP contribution < -0.4 is 0 Å². The largest absolute Gasteiger partial charge is 0.462 e. The van der Waals surface area contributed by atoms with Crippen molar-refractivity contribution in [1.82, 2.24) is 24.8 Å². The Balaban J connectivity index is 1.44. The average Bonchev–Trinajstić information content (AvgIpc) is 3.43. The van der Waals surface area contributed by atoms with Gasteiger partial charge in [0, 0.05) is 50.1 Å². The SMILES string of the molecule is CCOC(=O)c1cc(Cl)cnc1C1CCN(C(=O)c2cc(-c3cnn(C)c3)no2)CC1. The Hall–Kier alpha value is -3.20. The summed E-state index contributed by atoms with van der Waals surface area (Å²) < 4.78 is 12.1. The Labute approximate surface area is 183 Å². The van der Waals surface area contributed by atoms with E-state index in [1.807, 2.05) is 7.05 Å². The highest BCUT2D eigenvalue weighted by molar-refractivity contribution is 6.30. The van der Waals surface area contributed by atoms with Gasteiger partial charge in [0.2, 0.25) is 5.76 Å². The molecule has 4 heterocycles. The smallest absolute Gasteiger partial charge is 0.340 e. The molecule has 1 saturated heterocycles. The summed E-state index contributed by atoms with van der Waals surface area (Å²) in [5.74, 6) is -0.429. The minimum absolute atomic E-state index is 0.0291. The molecule has 9 nitrogen and oxygen atoms in total. The highest BCUT2D eigenvalue weighted by atomic mass is 35.5. The van der Waals surface area contributed by atoms with Gasteiger partial charge in [-0.25, -0.2) is 4.79 Å². The third kappa shape index (κ3) is 4.46. The molecule has 1 amide bonds. The van der Waals surface area contributed by atoms with Crippen LogP contribution in [0.3, 0.4) is 0 Å². The van der Waals surface area contributed by atoms with E-state index in [1.54, 1.807) is 41.0 Å². The standard InChI is InChI=1S/C21H22ClN5O4/c1-3-30-21(29)16-8-15(22)11-23-19(16)13-4-6-27(7-5-13)20(28)18-9-17(25-31-18)14-10-24-26(2)12-14/h8-13H,3-7H2,1-2H3. The van der Waals surface area contributed by atoms with E-state index in [4.69, 9.17) is 20.9 Å². The predicted molar refractivity (Wildman–Crippen MR) is 112 cm³/mol. The number of esters is 1. The zero-order valence-electron chi connectivity index (χ0n) is 17.2. The number of amides is 1. The van der Waals surface area contributed by atoms with Crippen molar-refractivity contribution in [2.75, 3.05) is 19.7 Å². The number of rotatable bonds is 5. The van der Waals surface area contributed by atoms with E-state index in [0.717, 1.165) is 5.56 Å². The number of piperidine rings is 1. The number of carbonyl (C=O) groups excluding carboxylic acids is 2. The molecule has 0 radical (unpaired) electrons. The van der Waals surface area contributed by atoms with E-state index in [2.05, 4.69) is 15.2 Å². The fourth-order valence-electron chi connectivity index (χ4n) is 3.72. The molecule has 31 heavy (non-hydrogen) atoms. The summed E-state index contributed by atoms with van der Waals surface area (Å²) in [7, 11) is 1.81. The van der Waals surface area contributed by atoms with Crippen molar-refractivity contribution in [2.24, 2.45) is 7.05 Å². The Morgan fingerprint density at radius 2 is 2.03 bits per heavy atom. The molecule has 1 aliphatic rings. The number of hydrogen-bond acceptors (Lipinski definition) is 7. The van der Waals surface area contributed by atoms with Gasteiger partial charge in [-0.05, 0) is 25.8 Å². The fraction of sp³-hybridized carbons (Fsp3) is 0.381. The van der Waals surface area contributed by atoms with Crippen molar-refractivity contribution in [2.45, 2.75) is 25.7 Å². The van der Waals surface area contributed by atoms with Crippen molar-refractivity contribution in [1.29, 1.82) is 0 Å². The zero-order chi connectivity index (χ0) is 22.0. The summed E-state index contributed by atoms with van der Waals surface area (Å²) in [6.07, 6.45) is 6.33. The normalized spacial score (nSPS) is 14.6. The second kappa shape index (κ2) is 8.89. The topological polar surface area (TPSA) is 103 Å². The number of carbonyl (C=O) groups is 2. The fourth-order valence-corrected chi connectivity index (χ4v) is 3.88. The average molecular weight is 444 g/mol. The first kappa shape index (κ1) is 21.0. The van der Waals surface area contributed by atoms with Crippen LogP contribution in [0.5, 0.6) is 0 Å². The lowest BCUT2D eigenvalue weighted by Crippen LogP contribution is -2.38.